The zero-order valence-corrected chi connectivity index (χ0v) is 11.2. The quantitative estimate of drug-likeness (QED) is 0.920. The summed E-state index contributed by atoms with van der Waals surface area (Å²) in [4.78, 5) is 18.6. The summed E-state index contributed by atoms with van der Waals surface area (Å²) in [7, 11) is 0. The van der Waals surface area contributed by atoms with E-state index in [0.717, 1.165) is 18.4 Å². The summed E-state index contributed by atoms with van der Waals surface area (Å²) in [6.07, 6.45) is 2.66. The topological polar surface area (TPSA) is 72.3 Å². The molecule has 0 saturated heterocycles. The lowest BCUT2D eigenvalue weighted by molar-refractivity contribution is 0.0682. The summed E-state index contributed by atoms with van der Waals surface area (Å²) in [5, 5.41) is 9.48. The fourth-order valence-corrected chi connectivity index (χ4v) is 2.47. The molecule has 0 amide bonds. The number of aromatic nitrogens is 2. The number of hydrogen-bond donors (Lipinski definition) is 1. The van der Waals surface area contributed by atoms with Gasteiger partial charge in [0.2, 0.25) is 5.82 Å². The van der Waals surface area contributed by atoms with Crippen LogP contribution < -0.4 is 4.74 Å². The van der Waals surface area contributed by atoms with Crippen LogP contribution in [-0.2, 0) is 6.42 Å². The second-order valence-electron chi connectivity index (χ2n) is 4.48. The van der Waals surface area contributed by atoms with Gasteiger partial charge >= 0.3 is 5.97 Å². The number of aromatic carboxylic acids is 1. The number of carbonyl (C=O) groups is 1. The van der Waals surface area contributed by atoms with Gasteiger partial charge in [-0.05, 0) is 30.5 Å². The lowest BCUT2D eigenvalue weighted by Crippen LogP contribution is -2.18. The number of aryl methyl sites for hydroxylation is 1. The maximum absolute atomic E-state index is 10.9. The van der Waals surface area contributed by atoms with E-state index in [1.54, 1.807) is 12.1 Å². The van der Waals surface area contributed by atoms with E-state index in [1.807, 2.05) is 12.1 Å². The molecule has 0 bridgehead atoms. The zero-order chi connectivity index (χ0) is 14.1. The Morgan fingerprint density at radius 1 is 1.40 bits per heavy atom. The largest absolute Gasteiger partial charge is 0.482 e. The molecule has 0 radical (unpaired) electrons. The van der Waals surface area contributed by atoms with E-state index in [1.165, 1.54) is 6.20 Å². The highest BCUT2D eigenvalue weighted by Crippen LogP contribution is 2.38. The van der Waals surface area contributed by atoms with Crippen LogP contribution in [0, 0.1) is 0 Å². The SMILES string of the molecule is O=C(O)c1nccc(C2CCc3cccc(Cl)c3O2)n1. The smallest absolute Gasteiger partial charge is 0.373 e. The van der Waals surface area contributed by atoms with Gasteiger partial charge in [-0.1, -0.05) is 23.7 Å². The maximum atomic E-state index is 10.9. The van der Waals surface area contributed by atoms with Crippen molar-refractivity contribution in [3.63, 3.8) is 0 Å². The van der Waals surface area contributed by atoms with Gasteiger partial charge in [0.05, 0.1) is 10.7 Å². The van der Waals surface area contributed by atoms with Crippen molar-refractivity contribution in [1.82, 2.24) is 9.97 Å². The molecule has 3 rings (SSSR count). The fourth-order valence-electron chi connectivity index (χ4n) is 2.23. The van der Waals surface area contributed by atoms with Crippen molar-refractivity contribution in [2.75, 3.05) is 0 Å². The summed E-state index contributed by atoms with van der Waals surface area (Å²) in [5.74, 6) is -0.724. The van der Waals surface area contributed by atoms with E-state index in [4.69, 9.17) is 21.4 Å². The summed E-state index contributed by atoms with van der Waals surface area (Å²) in [6.45, 7) is 0. The van der Waals surface area contributed by atoms with E-state index in [9.17, 15) is 4.79 Å². The summed E-state index contributed by atoms with van der Waals surface area (Å²) >= 11 is 6.12. The summed E-state index contributed by atoms with van der Waals surface area (Å²) in [6, 6.07) is 7.29. The number of benzene rings is 1. The summed E-state index contributed by atoms with van der Waals surface area (Å²) < 4.78 is 5.87. The molecule has 1 N–H and O–H groups in total. The lowest BCUT2D eigenvalue weighted by atomic mass is 10.0. The minimum Gasteiger partial charge on any atom is -0.482 e. The fraction of sp³-hybridized carbons (Fsp3) is 0.214. The summed E-state index contributed by atoms with van der Waals surface area (Å²) in [5.41, 5.74) is 1.62. The van der Waals surface area contributed by atoms with Crippen molar-refractivity contribution in [3.8, 4) is 5.75 Å². The van der Waals surface area contributed by atoms with Crippen LogP contribution in [0.2, 0.25) is 5.02 Å². The molecule has 1 atom stereocenters. The van der Waals surface area contributed by atoms with Gasteiger partial charge in [0.15, 0.2) is 0 Å². The highest BCUT2D eigenvalue weighted by molar-refractivity contribution is 6.32. The normalized spacial score (nSPS) is 17.1. The Labute approximate surface area is 120 Å². The van der Waals surface area contributed by atoms with Crippen LogP contribution in [0.15, 0.2) is 30.5 Å². The predicted octanol–water partition coefficient (Wildman–Crippen LogP) is 2.89. The molecular weight excluding hydrogens is 280 g/mol. The number of hydrogen-bond acceptors (Lipinski definition) is 4. The molecule has 2 aromatic rings. The molecule has 5 nitrogen and oxygen atoms in total. The predicted molar refractivity (Wildman–Crippen MR) is 72.1 cm³/mol. The molecular formula is C14H11ClN2O3. The number of carboxylic acid groups (broad SMARTS) is 1. The maximum Gasteiger partial charge on any atom is 0.373 e. The number of para-hydroxylation sites is 1. The Balaban J connectivity index is 1.92. The highest BCUT2D eigenvalue weighted by Gasteiger charge is 2.25. The first kappa shape index (κ1) is 12.9. The molecule has 6 heteroatoms. The average Bonchev–Trinajstić information content (AvgIpc) is 2.47. The molecule has 1 aromatic carbocycles. The van der Waals surface area contributed by atoms with Crippen molar-refractivity contribution < 1.29 is 14.6 Å². The van der Waals surface area contributed by atoms with Crippen molar-refractivity contribution in [3.05, 3.63) is 52.6 Å². The van der Waals surface area contributed by atoms with Crippen LogP contribution in [0.4, 0.5) is 0 Å². The van der Waals surface area contributed by atoms with E-state index >= 15 is 0 Å². The zero-order valence-electron chi connectivity index (χ0n) is 10.4. The third-order valence-corrected chi connectivity index (χ3v) is 3.48. The highest BCUT2D eigenvalue weighted by atomic mass is 35.5. The van der Waals surface area contributed by atoms with Gasteiger partial charge in [0.1, 0.15) is 11.9 Å². The molecule has 1 unspecified atom stereocenters. The van der Waals surface area contributed by atoms with Gasteiger partial charge in [-0.3, -0.25) is 0 Å². The first-order chi connectivity index (χ1) is 9.65. The second-order valence-corrected chi connectivity index (χ2v) is 4.89. The van der Waals surface area contributed by atoms with Crippen molar-refractivity contribution in [1.29, 1.82) is 0 Å². The Hall–Kier alpha value is -2.14. The first-order valence-electron chi connectivity index (χ1n) is 6.15. The molecule has 102 valence electrons. The molecule has 1 aromatic heterocycles. The van der Waals surface area contributed by atoms with E-state index in [2.05, 4.69) is 9.97 Å². The minimum absolute atomic E-state index is 0.226. The third-order valence-electron chi connectivity index (χ3n) is 3.18. The van der Waals surface area contributed by atoms with Crippen molar-refractivity contribution in [2.24, 2.45) is 0 Å². The first-order valence-corrected chi connectivity index (χ1v) is 6.53. The third kappa shape index (κ3) is 2.32. The molecule has 0 saturated carbocycles. The average molecular weight is 291 g/mol. The van der Waals surface area contributed by atoms with E-state index in [0.29, 0.717) is 16.5 Å². The molecule has 1 aliphatic heterocycles. The number of nitrogens with zero attached hydrogens (tertiary/aromatic N) is 2. The number of halogens is 1. The molecule has 0 fully saturated rings. The molecule has 1 aliphatic rings. The van der Waals surface area contributed by atoms with Crippen LogP contribution >= 0.6 is 11.6 Å². The van der Waals surface area contributed by atoms with Crippen LogP contribution in [0.5, 0.6) is 5.75 Å². The van der Waals surface area contributed by atoms with E-state index < -0.39 is 5.97 Å². The van der Waals surface area contributed by atoms with Crippen LogP contribution in [0.1, 0.15) is 34.4 Å². The van der Waals surface area contributed by atoms with Crippen molar-refractivity contribution >= 4 is 17.6 Å². The minimum atomic E-state index is -1.15. The second kappa shape index (κ2) is 5.09. The number of carboxylic acids is 1. The number of fused-ring (bicyclic) bond motifs is 1. The number of ether oxygens (including phenoxy) is 1. The monoisotopic (exact) mass is 290 g/mol. The lowest BCUT2D eigenvalue weighted by Gasteiger charge is -2.26. The van der Waals surface area contributed by atoms with Gasteiger partial charge in [-0.25, -0.2) is 14.8 Å². The Bertz CT molecular complexity index is 675. The standard InChI is InChI=1S/C14H11ClN2O3/c15-9-3-1-2-8-4-5-11(20-12(8)9)10-6-7-16-13(17-10)14(18)19/h1-3,6-7,11H,4-5H2,(H,18,19). The van der Waals surface area contributed by atoms with Crippen LogP contribution in [-0.4, -0.2) is 21.0 Å². The van der Waals surface area contributed by atoms with Gasteiger partial charge in [-0.15, -0.1) is 0 Å². The molecule has 0 spiro atoms. The molecule has 0 aliphatic carbocycles. The van der Waals surface area contributed by atoms with Crippen LogP contribution in [0.25, 0.3) is 0 Å². The van der Waals surface area contributed by atoms with Gasteiger partial charge in [0.25, 0.3) is 0 Å². The van der Waals surface area contributed by atoms with Gasteiger partial charge < -0.3 is 9.84 Å². The Morgan fingerprint density at radius 2 is 2.25 bits per heavy atom. The van der Waals surface area contributed by atoms with Crippen molar-refractivity contribution in [2.45, 2.75) is 18.9 Å². The molecule has 2 heterocycles. The van der Waals surface area contributed by atoms with Gasteiger partial charge in [0, 0.05) is 6.20 Å². The van der Waals surface area contributed by atoms with E-state index in [-0.39, 0.29) is 11.9 Å². The number of rotatable bonds is 2. The van der Waals surface area contributed by atoms with Crippen LogP contribution in [0.3, 0.4) is 0 Å². The van der Waals surface area contributed by atoms with Gasteiger partial charge in [-0.2, -0.15) is 0 Å². The Kier molecular flexibility index (Phi) is 3.28. The molecule has 20 heavy (non-hydrogen) atoms. The Morgan fingerprint density at radius 3 is 3.05 bits per heavy atom.